The van der Waals surface area contributed by atoms with Gasteiger partial charge in [-0.25, -0.2) is 0 Å². The molecule has 1 aliphatic heterocycles. The highest BCUT2D eigenvalue weighted by Gasteiger charge is 2.22. The summed E-state index contributed by atoms with van der Waals surface area (Å²) in [7, 11) is 0. The fraction of sp³-hybridized carbons (Fsp3) is 0.364. The molecule has 0 unspecified atom stereocenters. The Morgan fingerprint density at radius 3 is 2.86 bits per heavy atom. The zero-order chi connectivity index (χ0) is 9.97. The summed E-state index contributed by atoms with van der Waals surface area (Å²) in [6.45, 7) is 0.760. The van der Waals surface area contributed by atoms with Crippen LogP contribution in [0.5, 0.6) is 0 Å². The third-order valence-corrected chi connectivity index (χ3v) is 2.85. The van der Waals surface area contributed by atoms with Gasteiger partial charge in [0.1, 0.15) is 0 Å². The van der Waals surface area contributed by atoms with Crippen LogP contribution in [0.25, 0.3) is 0 Å². The number of halogens is 1. The minimum atomic E-state index is 0.239. The molecule has 0 aliphatic carbocycles. The highest BCUT2D eigenvalue weighted by atomic mass is 79.9. The summed E-state index contributed by atoms with van der Waals surface area (Å²) in [4.78, 5) is 13.5. The molecule has 14 heavy (non-hydrogen) atoms. The van der Waals surface area contributed by atoms with Crippen molar-refractivity contribution in [3.05, 3.63) is 29.8 Å². The molecule has 0 aromatic heterocycles. The van der Waals surface area contributed by atoms with Gasteiger partial charge in [0.25, 0.3) is 0 Å². The van der Waals surface area contributed by atoms with E-state index in [2.05, 4.69) is 22.0 Å². The first-order chi connectivity index (χ1) is 6.83. The van der Waals surface area contributed by atoms with E-state index in [0.29, 0.717) is 6.42 Å². The fourth-order valence-electron chi connectivity index (χ4n) is 1.83. The molecule has 1 heterocycles. The van der Waals surface area contributed by atoms with Crippen LogP contribution in [0.1, 0.15) is 12.0 Å². The van der Waals surface area contributed by atoms with E-state index in [-0.39, 0.29) is 5.91 Å². The number of para-hydroxylation sites is 1. The maximum atomic E-state index is 11.7. The molecule has 2 rings (SSSR count). The van der Waals surface area contributed by atoms with Crippen molar-refractivity contribution in [3.63, 3.8) is 0 Å². The molecular formula is C11H12BrNO. The molecule has 1 aliphatic rings. The number of carbonyl (C=O) groups is 1. The van der Waals surface area contributed by atoms with Gasteiger partial charge in [-0.2, -0.15) is 0 Å². The predicted octanol–water partition coefficient (Wildman–Crippen LogP) is 2.36. The summed E-state index contributed by atoms with van der Waals surface area (Å²) in [6, 6.07) is 8.14. The Labute approximate surface area is 92.0 Å². The van der Waals surface area contributed by atoms with E-state index in [0.717, 1.165) is 24.0 Å². The summed E-state index contributed by atoms with van der Waals surface area (Å²) >= 11 is 3.37. The molecule has 0 saturated carbocycles. The number of hydrogen-bond donors (Lipinski definition) is 0. The number of benzene rings is 1. The molecule has 0 atom stereocenters. The van der Waals surface area contributed by atoms with Crippen molar-refractivity contribution in [2.24, 2.45) is 0 Å². The van der Waals surface area contributed by atoms with E-state index in [4.69, 9.17) is 0 Å². The first kappa shape index (κ1) is 9.71. The lowest BCUT2D eigenvalue weighted by molar-refractivity contribution is -0.118. The van der Waals surface area contributed by atoms with Gasteiger partial charge in [0, 0.05) is 24.0 Å². The lowest BCUT2D eigenvalue weighted by atomic mass is 10.0. The van der Waals surface area contributed by atoms with E-state index in [1.165, 1.54) is 5.56 Å². The second kappa shape index (κ2) is 4.13. The second-order valence-corrected chi connectivity index (χ2v) is 4.16. The molecule has 0 saturated heterocycles. The van der Waals surface area contributed by atoms with Crippen molar-refractivity contribution in [2.75, 3.05) is 16.8 Å². The molecular weight excluding hydrogens is 242 g/mol. The summed E-state index contributed by atoms with van der Waals surface area (Å²) < 4.78 is 0. The minimum Gasteiger partial charge on any atom is -0.311 e. The Balaban J connectivity index is 2.36. The Morgan fingerprint density at radius 2 is 2.07 bits per heavy atom. The largest absolute Gasteiger partial charge is 0.311 e. The van der Waals surface area contributed by atoms with Crippen LogP contribution in [0, 0.1) is 0 Å². The number of fused-ring (bicyclic) bond motifs is 1. The first-order valence-corrected chi connectivity index (χ1v) is 5.89. The van der Waals surface area contributed by atoms with Crippen LogP contribution in [0.15, 0.2) is 24.3 Å². The van der Waals surface area contributed by atoms with Crippen LogP contribution in [0.4, 0.5) is 5.69 Å². The standard InChI is InChI=1S/C11H12BrNO/c12-7-8-13-10-4-2-1-3-9(10)5-6-11(13)14/h1-4H,5-8H2. The third-order valence-electron chi connectivity index (χ3n) is 2.50. The summed E-state index contributed by atoms with van der Waals surface area (Å²) in [5.41, 5.74) is 2.37. The number of alkyl halides is 1. The van der Waals surface area contributed by atoms with Crippen LogP contribution in [0.2, 0.25) is 0 Å². The van der Waals surface area contributed by atoms with Crippen molar-refractivity contribution in [1.29, 1.82) is 0 Å². The molecule has 0 spiro atoms. The number of anilines is 1. The quantitative estimate of drug-likeness (QED) is 0.742. The SMILES string of the molecule is O=C1CCc2ccccc2N1CCBr. The van der Waals surface area contributed by atoms with Crippen LogP contribution < -0.4 is 4.90 Å². The number of hydrogen-bond acceptors (Lipinski definition) is 1. The number of rotatable bonds is 2. The average Bonchev–Trinajstić information content (AvgIpc) is 2.23. The van der Waals surface area contributed by atoms with Gasteiger partial charge in [0.2, 0.25) is 5.91 Å². The summed E-state index contributed by atoms with van der Waals surface area (Å²) in [5.74, 6) is 0.239. The van der Waals surface area contributed by atoms with Crippen molar-refractivity contribution in [1.82, 2.24) is 0 Å². The Bertz CT molecular complexity index is 351. The molecule has 0 bridgehead atoms. The van der Waals surface area contributed by atoms with Crippen molar-refractivity contribution in [3.8, 4) is 0 Å². The van der Waals surface area contributed by atoms with Gasteiger partial charge >= 0.3 is 0 Å². The number of nitrogens with zero attached hydrogens (tertiary/aromatic N) is 1. The summed E-state index contributed by atoms with van der Waals surface area (Å²) in [6.07, 6.45) is 1.53. The van der Waals surface area contributed by atoms with Crippen LogP contribution in [-0.2, 0) is 11.2 Å². The second-order valence-electron chi connectivity index (χ2n) is 3.36. The molecule has 3 heteroatoms. The molecule has 0 N–H and O–H groups in total. The summed E-state index contributed by atoms with van der Waals surface area (Å²) in [5, 5.41) is 0.826. The van der Waals surface area contributed by atoms with Crippen LogP contribution in [-0.4, -0.2) is 17.8 Å². The Morgan fingerprint density at radius 1 is 1.29 bits per heavy atom. The Kier molecular flexibility index (Phi) is 2.87. The first-order valence-electron chi connectivity index (χ1n) is 4.77. The monoisotopic (exact) mass is 253 g/mol. The van der Waals surface area contributed by atoms with E-state index < -0.39 is 0 Å². The average molecular weight is 254 g/mol. The smallest absolute Gasteiger partial charge is 0.227 e. The van der Waals surface area contributed by atoms with E-state index >= 15 is 0 Å². The molecule has 1 aromatic rings. The maximum Gasteiger partial charge on any atom is 0.227 e. The van der Waals surface area contributed by atoms with E-state index in [9.17, 15) is 4.79 Å². The minimum absolute atomic E-state index is 0.239. The lowest BCUT2D eigenvalue weighted by Gasteiger charge is -2.28. The van der Waals surface area contributed by atoms with Crippen LogP contribution in [0.3, 0.4) is 0 Å². The van der Waals surface area contributed by atoms with E-state index in [1.54, 1.807) is 0 Å². The lowest BCUT2D eigenvalue weighted by Crippen LogP contribution is -2.36. The zero-order valence-electron chi connectivity index (χ0n) is 7.87. The van der Waals surface area contributed by atoms with Gasteiger partial charge in [0.15, 0.2) is 0 Å². The maximum absolute atomic E-state index is 11.7. The van der Waals surface area contributed by atoms with Gasteiger partial charge in [-0.1, -0.05) is 34.1 Å². The number of aryl methyl sites for hydroxylation is 1. The Hall–Kier alpha value is -0.830. The number of amides is 1. The number of carbonyl (C=O) groups excluding carboxylic acids is 1. The zero-order valence-corrected chi connectivity index (χ0v) is 9.46. The third kappa shape index (κ3) is 1.69. The topological polar surface area (TPSA) is 20.3 Å². The van der Waals surface area contributed by atoms with Gasteiger partial charge in [-0.3, -0.25) is 4.79 Å². The van der Waals surface area contributed by atoms with Gasteiger partial charge < -0.3 is 4.90 Å². The highest BCUT2D eigenvalue weighted by Crippen LogP contribution is 2.27. The van der Waals surface area contributed by atoms with E-state index in [1.807, 2.05) is 23.1 Å². The molecule has 1 aromatic carbocycles. The van der Waals surface area contributed by atoms with Gasteiger partial charge in [-0.05, 0) is 18.1 Å². The molecule has 1 amide bonds. The van der Waals surface area contributed by atoms with Gasteiger partial charge in [-0.15, -0.1) is 0 Å². The van der Waals surface area contributed by atoms with Crippen molar-refractivity contribution >= 4 is 27.5 Å². The fourth-order valence-corrected chi connectivity index (χ4v) is 2.18. The highest BCUT2D eigenvalue weighted by molar-refractivity contribution is 9.09. The molecule has 2 nitrogen and oxygen atoms in total. The van der Waals surface area contributed by atoms with Crippen molar-refractivity contribution < 1.29 is 4.79 Å². The normalized spacial score (nSPS) is 15.5. The molecule has 0 fully saturated rings. The predicted molar refractivity (Wildman–Crippen MR) is 60.9 cm³/mol. The molecule has 74 valence electrons. The molecule has 0 radical (unpaired) electrons. The van der Waals surface area contributed by atoms with Crippen LogP contribution >= 0.6 is 15.9 Å². The van der Waals surface area contributed by atoms with Gasteiger partial charge in [0.05, 0.1) is 0 Å². The van der Waals surface area contributed by atoms with Crippen molar-refractivity contribution in [2.45, 2.75) is 12.8 Å².